The molecular formula is C13H25NO. The van der Waals surface area contributed by atoms with E-state index in [1.807, 2.05) is 13.8 Å². The Bertz CT molecular complexity index is 203. The molecule has 0 radical (unpaired) electrons. The van der Waals surface area contributed by atoms with Crippen molar-refractivity contribution < 1.29 is 4.79 Å². The van der Waals surface area contributed by atoms with Crippen LogP contribution in [0.1, 0.15) is 34.6 Å². The van der Waals surface area contributed by atoms with Crippen molar-refractivity contribution >= 4 is 6.29 Å². The molecular weight excluding hydrogens is 186 g/mol. The first-order valence-electron chi connectivity index (χ1n) is 5.35. The lowest BCUT2D eigenvalue weighted by molar-refractivity contribution is -0.104. The second-order valence-electron chi connectivity index (χ2n) is 3.94. The minimum absolute atomic E-state index is 0.685. The molecule has 0 aromatic rings. The SMILES string of the molecule is C=CC(C=O)=C(C)C.CCN(C)C(C)C. The Balaban J connectivity index is 0. The van der Waals surface area contributed by atoms with Crippen molar-refractivity contribution in [3.05, 3.63) is 23.8 Å². The molecule has 0 aromatic carbocycles. The lowest BCUT2D eigenvalue weighted by atomic mass is 10.2. The number of allylic oxidation sites excluding steroid dienone is 3. The Hall–Kier alpha value is -0.890. The van der Waals surface area contributed by atoms with Crippen LogP contribution >= 0.6 is 0 Å². The zero-order chi connectivity index (χ0) is 12.4. The van der Waals surface area contributed by atoms with Crippen LogP contribution in [0.5, 0.6) is 0 Å². The maximum atomic E-state index is 10.0. The maximum absolute atomic E-state index is 10.0. The number of hydrogen-bond acceptors (Lipinski definition) is 2. The highest BCUT2D eigenvalue weighted by atomic mass is 16.1. The van der Waals surface area contributed by atoms with Crippen molar-refractivity contribution in [2.24, 2.45) is 0 Å². The van der Waals surface area contributed by atoms with Crippen LogP contribution in [0.3, 0.4) is 0 Å². The van der Waals surface area contributed by atoms with E-state index in [0.717, 1.165) is 18.4 Å². The van der Waals surface area contributed by atoms with Crippen molar-refractivity contribution in [1.82, 2.24) is 4.90 Å². The Kier molecular flexibility index (Phi) is 10.6. The molecule has 2 nitrogen and oxygen atoms in total. The summed E-state index contributed by atoms with van der Waals surface area (Å²) in [4.78, 5) is 12.3. The average Bonchev–Trinajstić information content (AvgIpc) is 2.18. The number of carbonyl (C=O) groups excluding carboxylic acids is 1. The summed E-state index contributed by atoms with van der Waals surface area (Å²) in [6, 6.07) is 0.699. The number of carbonyl (C=O) groups is 1. The van der Waals surface area contributed by atoms with Gasteiger partial charge in [0.15, 0.2) is 0 Å². The summed E-state index contributed by atoms with van der Waals surface area (Å²) in [5.74, 6) is 0. The number of nitrogens with zero attached hydrogens (tertiary/aromatic N) is 1. The fraction of sp³-hybridized carbons (Fsp3) is 0.615. The van der Waals surface area contributed by atoms with Crippen LogP contribution in [-0.2, 0) is 4.79 Å². The van der Waals surface area contributed by atoms with Gasteiger partial charge in [0.25, 0.3) is 0 Å². The molecule has 15 heavy (non-hydrogen) atoms. The lowest BCUT2D eigenvalue weighted by Gasteiger charge is -2.17. The number of rotatable bonds is 4. The molecule has 0 aliphatic heterocycles. The highest BCUT2D eigenvalue weighted by molar-refractivity contribution is 5.78. The second kappa shape index (κ2) is 9.66. The lowest BCUT2D eigenvalue weighted by Crippen LogP contribution is -2.25. The van der Waals surface area contributed by atoms with Gasteiger partial charge >= 0.3 is 0 Å². The van der Waals surface area contributed by atoms with Gasteiger partial charge in [0, 0.05) is 11.6 Å². The van der Waals surface area contributed by atoms with Gasteiger partial charge in [0.1, 0.15) is 6.29 Å². The maximum Gasteiger partial charge on any atom is 0.149 e. The summed E-state index contributed by atoms with van der Waals surface area (Å²) in [6.45, 7) is 14.9. The molecule has 2 heteroatoms. The third-order valence-electron chi connectivity index (χ3n) is 2.30. The van der Waals surface area contributed by atoms with Gasteiger partial charge in [-0.3, -0.25) is 4.79 Å². The topological polar surface area (TPSA) is 20.3 Å². The first kappa shape index (κ1) is 16.5. The molecule has 0 saturated carbocycles. The fourth-order valence-electron chi connectivity index (χ4n) is 0.735. The molecule has 0 aromatic heterocycles. The standard InChI is InChI=1S/C7H10O.C6H15N/c1-4-7(5-8)6(2)3;1-5-7(4)6(2)3/h4-5H,1H2,2-3H3;6H,5H2,1-4H3. The highest BCUT2D eigenvalue weighted by Gasteiger charge is 1.95. The third kappa shape index (κ3) is 9.42. The van der Waals surface area contributed by atoms with E-state index in [1.54, 1.807) is 6.08 Å². The molecule has 0 saturated heterocycles. The van der Waals surface area contributed by atoms with Crippen LogP contribution in [-0.4, -0.2) is 30.8 Å². The number of aldehydes is 1. The molecule has 0 N–H and O–H groups in total. The summed E-state index contributed by atoms with van der Waals surface area (Å²) in [5, 5.41) is 0. The molecule has 0 amide bonds. The zero-order valence-corrected chi connectivity index (χ0v) is 11.0. The Labute approximate surface area is 94.7 Å². The van der Waals surface area contributed by atoms with Crippen molar-refractivity contribution in [2.45, 2.75) is 40.7 Å². The van der Waals surface area contributed by atoms with Crippen LogP contribution in [0, 0.1) is 0 Å². The largest absolute Gasteiger partial charge is 0.304 e. The van der Waals surface area contributed by atoms with Crippen LogP contribution in [0.2, 0.25) is 0 Å². The Morgan fingerprint density at radius 1 is 1.40 bits per heavy atom. The Morgan fingerprint density at radius 3 is 1.87 bits per heavy atom. The van der Waals surface area contributed by atoms with Gasteiger partial charge in [-0.1, -0.05) is 25.2 Å². The van der Waals surface area contributed by atoms with Crippen molar-refractivity contribution in [2.75, 3.05) is 13.6 Å². The van der Waals surface area contributed by atoms with Crippen molar-refractivity contribution in [1.29, 1.82) is 0 Å². The molecule has 0 unspecified atom stereocenters. The van der Waals surface area contributed by atoms with Gasteiger partial charge in [-0.15, -0.1) is 0 Å². The van der Waals surface area contributed by atoms with Crippen molar-refractivity contribution in [3.63, 3.8) is 0 Å². The van der Waals surface area contributed by atoms with E-state index < -0.39 is 0 Å². The quantitative estimate of drug-likeness (QED) is 0.405. The van der Waals surface area contributed by atoms with Crippen molar-refractivity contribution in [3.8, 4) is 0 Å². The van der Waals surface area contributed by atoms with E-state index in [0.29, 0.717) is 11.6 Å². The summed E-state index contributed by atoms with van der Waals surface area (Å²) in [7, 11) is 2.13. The molecule has 0 heterocycles. The molecule has 0 aliphatic carbocycles. The first-order valence-corrected chi connectivity index (χ1v) is 5.35. The van der Waals surface area contributed by atoms with Gasteiger partial charge in [0.2, 0.25) is 0 Å². The van der Waals surface area contributed by atoms with Gasteiger partial charge in [-0.05, 0) is 41.3 Å². The molecule has 0 bridgehead atoms. The highest BCUT2D eigenvalue weighted by Crippen LogP contribution is 1.98. The fourth-order valence-corrected chi connectivity index (χ4v) is 0.735. The molecule has 0 rings (SSSR count). The smallest absolute Gasteiger partial charge is 0.149 e. The zero-order valence-electron chi connectivity index (χ0n) is 11.0. The van der Waals surface area contributed by atoms with E-state index in [4.69, 9.17) is 0 Å². The first-order chi connectivity index (χ1) is 6.90. The molecule has 88 valence electrons. The van der Waals surface area contributed by atoms with Crippen LogP contribution in [0.25, 0.3) is 0 Å². The average molecular weight is 211 g/mol. The van der Waals surface area contributed by atoms with Gasteiger partial charge in [0.05, 0.1) is 0 Å². The Morgan fingerprint density at radius 2 is 1.87 bits per heavy atom. The molecule has 0 spiro atoms. The molecule has 0 aliphatic rings. The minimum atomic E-state index is 0.685. The summed E-state index contributed by atoms with van der Waals surface area (Å²) in [5.41, 5.74) is 1.69. The van der Waals surface area contributed by atoms with E-state index in [1.165, 1.54) is 0 Å². The predicted molar refractivity (Wildman–Crippen MR) is 68.1 cm³/mol. The monoisotopic (exact) mass is 211 g/mol. The summed E-state index contributed by atoms with van der Waals surface area (Å²) < 4.78 is 0. The molecule has 0 atom stereocenters. The van der Waals surface area contributed by atoms with Gasteiger partial charge in [-0.25, -0.2) is 0 Å². The van der Waals surface area contributed by atoms with E-state index in [2.05, 4.69) is 39.3 Å². The van der Waals surface area contributed by atoms with E-state index in [9.17, 15) is 4.79 Å². The summed E-state index contributed by atoms with van der Waals surface area (Å²) >= 11 is 0. The normalized spacial score (nSPS) is 9.33. The van der Waals surface area contributed by atoms with E-state index >= 15 is 0 Å². The van der Waals surface area contributed by atoms with Crippen LogP contribution in [0.4, 0.5) is 0 Å². The second-order valence-corrected chi connectivity index (χ2v) is 3.94. The number of hydrogen-bond donors (Lipinski definition) is 0. The van der Waals surface area contributed by atoms with Gasteiger partial charge < -0.3 is 4.90 Å². The van der Waals surface area contributed by atoms with Gasteiger partial charge in [-0.2, -0.15) is 0 Å². The minimum Gasteiger partial charge on any atom is -0.304 e. The van der Waals surface area contributed by atoms with E-state index in [-0.39, 0.29) is 0 Å². The van der Waals surface area contributed by atoms with Crippen LogP contribution < -0.4 is 0 Å². The molecule has 0 fully saturated rings. The van der Waals surface area contributed by atoms with Crippen LogP contribution in [0.15, 0.2) is 23.8 Å². The third-order valence-corrected chi connectivity index (χ3v) is 2.30. The summed E-state index contributed by atoms with van der Waals surface area (Å²) in [6.07, 6.45) is 2.37. The predicted octanol–water partition coefficient (Wildman–Crippen LogP) is 3.05.